The van der Waals surface area contributed by atoms with E-state index in [1.165, 1.54) is 41.3 Å². The fourth-order valence-corrected chi connectivity index (χ4v) is 4.15. The van der Waals surface area contributed by atoms with Gasteiger partial charge in [-0.25, -0.2) is 13.6 Å². The van der Waals surface area contributed by atoms with Gasteiger partial charge in [-0.2, -0.15) is 9.78 Å². The lowest BCUT2D eigenvalue weighted by atomic mass is 9.98. The van der Waals surface area contributed by atoms with Crippen molar-refractivity contribution in [1.82, 2.24) is 19.2 Å². The highest BCUT2D eigenvalue weighted by molar-refractivity contribution is 5.92. The largest absolute Gasteiger partial charge is 0.466 e. The first kappa shape index (κ1) is 25.0. The molecule has 3 aromatic rings. The Morgan fingerprint density at radius 1 is 1.11 bits per heavy atom. The number of likely N-dealkylation sites (tertiary alicyclic amines) is 1. The molecule has 1 amide bonds. The maximum atomic E-state index is 14.6. The van der Waals surface area contributed by atoms with E-state index in [1.54, 1.807) is 6.92 Å². The molecule has 0 radical (unpaired) electrons. The molecule has 1 aliphatic heterocycles. The molecule has 0 spiro atoms. The summed E-state index contributed by atoms with van der Waals surface area (Å²) in [4.78, 5) is 53.5. The van der Waals surface area contributed by atoms with Gasteiger partial charge in [-0.3, -0.25) is 19.0 Å². The Bertz CT molecular complexity index is 1420. The molecule has 188 valence electrons. The zero-order valence-corrected chi connectivity index (χ0v) is 19.5. The van der Waals surface area contributed by atoms with Gasteiger partial charge in [-0.05, 0) is 49.6 Å². The van der Waals surface area contributed by atoms with Crippen LogP contribution in [0.4, 0.5) is 8.78 Å². The van der Waals surface area contributed by atoms with Crippen LogP contribution in [-0.2, 0) is 16.1 Å². The van der Waals surface area contributed by atoms with E-state index in [0.29, 0.717) is 27.7 Å². The van der Waals surface area contributed by atoms with Gasteiger partial charge in [-0.15, -0.1) is 0 Å². The van der Waals surface area contributed by atoms with Gasteiger partial charge < -0.3 is 9.64 Å². The fourth-order valence-electron chi connectivity index (χ4n) is 4.15. The quantitative estimate of drug-likeness (QED) is 0.483. The number of rotatable bonds is 6. The number of hydrogen-bond donors (Lipinski definition) is 0. The normalized spacial score (nSPS) is 15.5. The lowest BCUT2D eigenvalue weighted by Gasteiger charge is -2.31. The second-order valence-corrected chi connectivity index (χ2v) is 8.36. The molecule has 1 saturated heterocycles. The summed E-state index contributed by atoms with van der Waals surface area (Å²) < 4.78 is 34.8. The minimum Gasteiger partial charge on any atom is -0.466 e. The standard InChI is InChI=1S/C25H24F2N4O5/c1-2-36-24(34)17-8-6-12-29(15-17)22(32)21-23(33)30(14-16-7-5-9-18(26)13-16)25(35)31(28-21)20-11-4-3-10-19(20)27/h3-5,7,9-11,13,17H,2,6,8,12,14-15H2,1H3/t17-/m1/s1. The van der Waals surface area contributed by atoms with E-state index in [-0.39, 0.29) is 31.9 Å². The van der Waals surface area contributed by atoms with Crippen LogP contribution in [-0.4, -0.2) is 50.8 Å². The molecular weight excluding hydrogens is 474 g/mol. The second-order valence-electron chi connectivity index (χ2n) is 8.36. The van der Waals surface area contributed by atoms with Gasteiger partial charge in [0.25, 0.3) is 11.5 Å². The molecule has 1 atom stereocenters. The predicted molar refractivity (Wildman–Crippen MR) is 125 cm³/mol. The summed E-state index contributed by atoms with van der Waals surface area (Å²) in [6, 6.07) is 10.6. The van der Waals surface area contributed by atoms with Crippen LogP contribution in [0.5, 0.6) is 0 Å². The van der Waals surface area contributed by atoms with Gasteiger partial charge in [0.1, 0.15) is 17.3 Å². The van der Waals surface area contributed by atoms with Crippen LogP contribution in [0.3, 0.4) is 0 Å². The maximum absolute atomic E-state index is 14.6. The summed E-state index contributed by atoms with van der Waals surface area (Å²) in [5, 5.41) is 3.95. The first-order valence-corrected chi connectivity index (χ1v) is 11.5. The number of aromatic nitrogens is 3. The van der Waals surface area contributed by atoms with Crippen LogP contribution in [0.25, 0.3) is 5.69 Å². The van der Waals surface area contributed by atoms with Gasteiger partial charge in [-0.1, -0.05) is 24.3 Å². The first-order valence-electron chi connectivity index (χ1n) is 11.5. The molecule has 11 heteroatoms. The molecular formula is C25H24F2N4O5. The first-order chi connectivity index (χ1) is 17.3. The molecule has 0 N–H and O–H groups in total. The van der Waals surface area contributed by atoms with Crippen LogP contribution >= 0.6 is 0 Å². The Kier molecular flexibility index (Phi) is 7.37. The van der Waals surface area contributed by atoms with Crippen molar-refractivity contribution in [3.05, 3.63) is 92.3 Å². The summed E-state index contributed by atoms with van der Waals surface area (Å²) >= 11 is 0. The van der Waals surface area contributed by atoms with Gasteiger partial charge >= 0.3 is 11.7 Å². The lowest BCUT2D eigenvalue weighted by Crippen LogP contribution is -2.49. The van der Waals surface area contributed by atoms with E-state index in [9.17, 15) is 28.0 Å². The molecule has 4 rings (SSSR count). The second kappa shape index (κ2) is 10.6. The minimum atomic E-state index is -1.000. The summed E-state index contributed by atoms with van der Waals surface area (Å²) in [6.45, 7) is 1.79. The minimum absolute atomic E-state index is 0.0154. The third-order valence-electron chi connectivity index (χ3n) is 5.90. The Balaban J connectivity index is 1.80. The van der Waals surface area contributed by atoms with E-state index in [1.807, 2.05) is 0 Å². The number of amides is 1. The molecule has 0 bridgehead atoms. The number of carbonyl (C=O) groups is 2. The van der Waals surface area contributed by atoms with Gasteiger partial charge in [0.2, 0.25) is 5.69 Å². The average molecular weight is 498 g/mol. The number of hydrogen-bond acceptors (Lipinski definition) is 6. The van der Waals surface area contributed by atoms with Gasteiger partial charge in [0.05, 0.1) is 19.1 Å². The van der Waals surface area contributed by atoms with E-state index in [2.05, 4.69) is 5.10 Å². The number of carbonyl (C=O) groups excluding carboxylic acids is 2. The van der Waals surface area contributed by atoms with Crippen molar-refractivity contribution in [2.45, 2.75) is 26.3 Å². The van der Waals surface area contributed by atoms with Crippen LogP contribution in [0.15, 0.2) is 58.1 Å². The number of benzene rings is 2. The van der Waals surface area contributed by atoms with Gasteiger partial charge in [0, 0.05) is 13.1 Å². The highest BCUT2D eigenvalue weighted by Crippen LogP contribution is 2.19. The zero-order valence-electron chi connectivity index (χ0n) is 19.5. The molecule has 0 unspecified atom stereocenters. The summed E-state index contributed by atoms with van der Waals surface area (Å²) in [5.41, 5.74) is -2.57. The fraction of sp³-hybridized carbons (Fsp3) is 0.320. The van der Waals surface area contributed by atoms with Crippen molar-refractivity contribution in [2.75, 3.05) is 19.7 Å². The number of halogens is 2. The third kappa shape index (κ3) is 5.09. The molecule has 2 aromatic carbocycles. The monoisotopic (exact) mass is 498 g/mol. The molecule has 1 aromatic heterocycles. The molecule has 36 heavy (non-hydrogen) atoms. The SMILES string of the molecule is CCOC(=O)[C@@H]1CCCN(C(=O)c2nn(-c3ccccc3F)c(=O)n(Cc3cccc(F)c3)c2=O)C1. The predicted octanol–water partition coefficient (Wildman–Crippen LogP) is 2.14. The topological polar surface area (TPSA) is 104 Å². The summed E-state index contributed by atoms with van der Waals surface area (Å²) in [7, 11) is 0. The Labute approximate surface area is 204 Å². The van der Waals surface area contributed by atoms with E-state index in [4.69, 9.17) is 4.74 Å². The number of esters is 1. The molecule has 1 aliphatic rings. The van der Waals surface area contributed by atoms with E-state index < -0.39 is 46.4 Å². The van der Waals surface area contributed by atoms with Crippen LogP contribution < -0.4 is 11.2 Å². The van der Waals surface area contributed by atoms with Crippen LogP contribution in [0.1, 0.15) is 35.8 Å². The smallest absolute Gasteiger partial charge is 0.352 e. The van der Waals surface area contributed by atoms with Crippen molar-refractivity contribution in [2.24, 2.45) is 5.92 Å². The summed E-state index contributed by atoms with van der Waals surface area (Å²) in [6.07, 6.45) is 1.02. The molecule has 9 nitrogen and oxygen atoms in total. The van der Waals surface area contributed by atoms with Crippen molar-refractivity contribution in [3.63, 3.8) is 0 Å². The molecule has 1 fully saturated rings. The molecule has 0 aliphatic carbocycles. The molecule has 2 heterocycles. The highest BCUT2D eigenvalue weighted by Gasteiger charge is 2.32. The zero-order chi connectivity index (χ0) is 25.8. The Morgan fingerprint density at radius 2 is 1.89 bits per heavy atom. The average Bonchev–Trinajstić information content (AvgIpc) is 2.87. The molecule has 0 saturated carbocycles. The van der Waals surface area contributed by atoms with E-state index in [0.717, 1.165) is 12.1 Å². The summed E-state index contributed by atoms with van der Waals surface area (Å²) in [5.74, 6) is -3.16. The number of ether oxygens (including phenoxy) is 1. The highest BCUT2D eigenvalue weighted by atomic mass is 19.1. The van der Waals surface area contributed by atoms with Crippen molar-refractivity contribution >= 4 is 11.9 Å². The number of piperidine rings is 1. The third-order valence-corrected chi connectivity index (χ3v) is 5.90. The van der Waals surface area contributed by atoms with Crippen LogP contribution in [0.2, 0.25) is 0 Å². The van der Waals surface area contributed by atoms with Crippen LogP contribution in [0, 0.1) is 17.6 Å². The van der Waals surface area contributed by atoms with E-state index >= 15 is 0 Å². The van der Waals surface area contributed by atoms with Crippen molar-refractivity contribution in [3.8, 4) is 5.69 Å². The van der Waals surface area contributed by atoms with Gasteiger partial charge in [0.15, 0.2) is 0 Å². The number of nitrogens with zero attached hydrogens (tertiary/aromatic N) is 4. The Hall–Kier alpha value is -4.15. The lowest BCUT2D eigenvalue weighted by molar-refractivity contribution is -0.149. The Morgan fingerprint density at radius 3 is 2.61 bits per heavy atom. The van der Waals surface area contributed by atoms with Crippen molar-refractivity contribution in [1.29, 1.82) is 0 Å². The maximum Gasteiger partial charge on any atom is 0.352 e. The van der Waals surface area contributed by atoms with Crippen molar-refractivity contribution < 1.29 is 23.1 Å². The number of para-hydroxylation sites is 1.